The summed E-state index contributed by atoms with van der Waals surface area (Å²) in [5.41, 5.74) is 0. The molecule has 74 valence electrons. The van der Waals surface area contributed by atoms with Gasteiger partial charge in [-0.3, -0.25) is 9.59 Å². The van der Waals surface area contributed by atoms with Gasteiger partial charge in [-0.15, -0.1) is 0 Å². The maximum absolute atomic E-state index is 11.0. The Bertz CT molecular complexity index is 212. The lowest BCUT2D eigenvalue weighted by molar-refractivity contribution is -0.143. The molecule has 4 heteroatoms. The number of Topliss-reactive ketones (excluding diaryl/α,β-unsaturated/α-hetero) is 1. The third-order valence-corrected chi connectivity index (χ3v) is 2.38. The highest BCUT2D eigenvalue weighted by atomic mass is 16.5. The second-order valence-corrected chi connectivity index (χ2v) is 3.45. The molecule has 1 saturated carbocycles. The number of carbonyl (C=O) groups excluding carboxylic acids is 2. The summed E-state index contributed by atoms with van der Waals surface area (Å²) in [6.45, 7) is 1.59. The van der Waals surface area contributed by atoms with Crippen molar-refractivity contribution in [1.29, 1.82) is 0 Å². The number of aliphatic hydroxyl groups excluding tert-OH is 1. The SMILES string of the molecule is CC(=O)OC[C@H]1CC(=O)C[C@H]1CO. The zero-order valence-electron chi connectivity index (χ0n) is 7.66. The third-order valence-electron chi connectivity index (χ3n) is 2.38. The van der Waals surface area contributed by atoms with Crippen LogP contribution in [0.3, 0.4) is 0 Å². The van der Waals surface area contributed by atoms with Crippen molar-refractivity contribution in [1.82, 2.24) is 0 Å². The fourth-order valence-corrected chi connectivity index (χ4v) is 1.63. The molecule has 0 saturated heterocycles. The van der Waals surface area contributed by atoms with Crippen LogP contribution >= 0.6 is 0 Å². The Balaban J connectivity index is 2.39. The van der Waals surface area contributed by atoms with Crippen molar-refractivity contribution in [2.24, 2.45) is 11.8 Å². The van der Waals surface area contributed by atoms with E-state index in [9.17, 15) is 9.59 Å². The predicted octanol–water partition coefficient (Wildman–Crippen LogP) is 0.137. The van der Waals surface area contributed by atoms with Crippen molar-refractivity contribution >= 4 is 11.8 Å². The minimum atomic E-state index is -0.337. The van der Waals surface area contributed by atoms with E-state index < -0.39 is 0 Å². The van der Waals surface area contributed by atoms with Gasteiger partial charge < -0.3 is 9.84 Å². The van der Waals surface area contributed by atoms with Crippen LogP contribution in [0.5, 0.6) is 0 Å². The molecular formula is C9H14O4. The normalized spacial score (nSPS) is 27.7. The van der Waals surface area contributed by atoms with Crippen LogP contribution in [0, 0.1) is 11.8 Å². The molecule has 0 bridgehead atoms. The molecule has 1 N–H and O–H groups in total. The van der Waals surface area contributed by atoms with Crippen LogP contribution in [-0.4, -0.2) is 30.1 Å². The van der Waals surface area contributed by atoms with Gasteiger partial charge in [-0.1, -0.05) is 0 Å². The Kier molecular flexibility index (Phi) is 3.42. The quantitative estimate of drug-likeness (QED) is 0.637. The fourth-order valence-electron chi connectivity index (χ4n) is 1.63. The Labute approximate surface area is 76.9 Å². The molecule has 1 aliphatic rings. The zero-order chi connectivity index (χ0) is 9.84. The lowest BCUT2D eigenvalue weighted by atomic mass is 9.98. The fraction of sp³-hybridized carbons (Fsp3) is 0.778. The highest BCUT2D eigenvalue weighted by molar-refractivity contribution is 5.81. The predicted molar refractivity (Wildman–Crippen MR) is 44.9 cm³/mol. The molecule has 0 spiro atoms. The van der Waals surface area contributed by atoms with Gasteiger partial charge in [0.1, 0.15) is 5.78 Å². The van der Waals surface area contributed by atoms with Crippen molar-refractivity contribution in [3.05, 3.63) is 0 Å². The standard InChI is InChI=1S/C9H14O4/c1-6(11)13-5-8-3-9(12)2-7(8)4-10/h7-8,10H,2-5H2,1H3/t7-,8+/m0/s1. The number of rotatable bonds is 3. The topological polar surface area (TPSA) is 63.6 Å². The first-order valence-electron chi connectivity index (χ1n) is 4.39. The molecule has 0 aromatic heterocycles. The van der Waals surface area contributed by atoms with E-state index in [4.69, 9.17) is 9.84 Å². The molecule has 2 atom stereocenters. The van der Waals surface area contributed by atoms with Gasteiger partial charge in [-0.25, -0.2) is 0 Å². The molecular weight excluding hydrogens is 172 g/mol. The number of hydrogen-bond acceptors (Lipinski definition) is 4. The van der Waals surface area contributed by atoms with Crippen molar-refractivity contribution in [2.75, 3.05) is 13.2 Å². The molecule has 0 heterocycles. The Morgan fingerprint density at radius 3 is 2.69 bits per heavy atom. The second-order valence-electron chi connectivity index (χ2n) is 3.45. The summed E-state index contributed by atoms with van der Waals surface area (Å²) in [5, 5.41) is 8.93. The molecule has 0 amide bonds. The summed E-state index contributed by atoms with van der Waals surface area (Å²) >= 11 is 0. The molecule has 1 fully saturated rings. The van der Waals surface area contributed by atoms with Gasteiger partial charge >= 0.3 is 5.97 Å². The lowest BCUT2D eigenvalue weighted by Crippen LogP contribution is -2.19. The van der Waals surface area contributed by atoms with E-state index in [1.807, 2.05) is 0 Å². The molecule has 0 aromatic carbocycles. The minimum absolute atomic E-state index is 0.00231. The third kappa shape index (κ3) is 2.81. The van der Waals surface area contributed by atoms with E-state index in [0.29, 0.717) is 12.8 Å². The number of ether oxygens (including phenoxy) is 1. The molecule has 0 aromatic rings. The maximum Gasteiger partial charge on any atom is 0.302 e. The molecule has 0 unspecified atom stereocenters. The summed E-state index contributed by atoms with van der Waals surface area (Å²) < 4.78 is 4.80. The highest BCUT2D eigenvalue weighted by Crippen LogP contribution is 2.28. The minimum Gasteiger partial charge on any atom is -0.466 e. The molecule has 0 radical (unpaired) electrons. The largest absolute Gasteiger partial charge is 0.466 e. The van der Waals surface area contributed by atoms with E-state index in [2.05, 4.69) is 0 Å². The van der Waals surface area contributed by atoms with E-state index in [1.165, 1.54) is 6.92 Å². The molecule has 1 rings (SSSR count). The summed E-state index contributed by atoms with van der Waals surface area (Å²) in [6, 6.07) is 0. The number of aliphatic hydroxyl groups is 1. The van der Waals surface area contributed by atoms with Gasteiger partial charge in [0.15, 0.2) is 0 Å². The summed E-state index contributed by atoms with van der Waals surface area (Å²) in [5.74, 6) is -0.194. The number of ketones is 1. The van der Waals surface area contributed by atoms with Crippen molar-refractivity contribution in [2.45, 2.75) is 19.8 Å². The number of hydrogen-bond donors (Lipinski definition) is 1. The monoisotopic (exact) mass is 186 g/mol. The zero-order valence-corrected chi connectivity index (χ0v) is 7.66. The van der Waals surface area contributed by atoms with Gasteiger partial charge in [-0.05, 0) is 5.92 Å². The van der Waals surface area contributed by atoms with Gasteiger partial charge in [0.25, 0.3) is 0 Å². The first-order valence-corrected chi connectivity index (χ1v) is 4.39. The van der Waals surface area contributed by atoms with E-state index in [1.54, 1.807) is 0 Å². The first kappa shape index (κ1) is 10.2. The highest BCUT2D eigenvalue weighted by Gasteiger charge is 2.32. The van der Waals surface area contributed by atoms with E-state index >= 15 is 0 Å². The number of carbonyl (C=O) groups is 2. The van der Waals surface area contributed by atoms with Crippen LogP contribution < -0.4 is 0 Å². The van der Waals surface area contributed by atoms with Crippen molar-refractivity contribution < 1.29 is 19.4 Å². The number of esters is 1. The molecule has 1 aliphatic carbocycles. The summed E-state index contributed by atoms with van der Waals surface area (Å²) in [7, 11) is 0. The molecule has 4 nitrogen and oxygen atoms in total. The second kappa shape index (κ2) is 4.37. The van der Waals surface area contributed by atoms with Crippen LogP contribution in [0.2, 0.25) is 0 Å². The van der Waals surface area contributed by atoms with E-state index in [0.717, 1.165) is 0 Å². The van der Waals surface area contributed by atoms with Crippen LogP contribution in [0.1, 0.15) is 19.8 Å². The average Bonchev–Trinajstić information content (AvgIpc) is 2.42. The molecule has 13 heavy (non-hydrogen) atoms. The van der Waals surface area contributed by atoms with Gasteiger partial charge in [-0.2, -0.15) is 0 Å². The van der Waals surface area contributed by atoms with Crippen molar-refractivity contribution in [3.63, 3.8) is 0 Å². The van der Waals surface area contributed by atoms with Crippen LogP contribution in [0.4, 0.5) is 0 Å². The molecule has 0 aliphatic heterocycles. The first-order chi connectivity index (χ1) is 6.13. The Hall–Kier alpha value is -0.900. The summed E-state index contributed by atoms with van der Waals surface area (Å²) in [6.07, 6.45) is 0.848. The van der Waals surface area contributed by atoms with Crippen LogP contribution in [0.25, 0.3) is 0 Å². The van der Waals surface area contributed by atoms with Gasteiger partial charge in [0.05, 0.1) is 6.61 Å². The maximum atomic E-state index is 11.0. The average molecular weight is 186 g/mol. The summed E-state index contributed by atoms with van der Waals surface area (Å²) in [4.78, 5) is 21.5. The van der Waals surface area contributed by atoms with Gasteiger partial charge in [0.2, 0.25) is 0 Å². The Morgan fingerprint density at radius 2 is 2.15 bits per heavy atom. The van der Waals surface area contributed by atoms with Crippen LogP contribution in [0.15, 0.2) is 0 Å². The van der Waals surface area contributed by atoms with Crippen molar-refractivity contribution in [3.8, 4) is 0 Å². The van der Waals surface area contributed by atoms with Gasteiger partial charge in [0, 0.05) is 32.3 Å². The van der Waals surface area contributed by atoms with Crippen LogP contribution in [-0.2, 0) is 14.3 Å². The van der Waals surface area contributed by atoms with E-state index in [-0.39, 0.29) is 36.8 Å². The smallest absolute Gasteiger partial charge is 0.302 e. The lowest BCUT2D eigenvalue weighted by Gasteiger charge is -2.15. The Morgan fingerprint density at radius 1 is 1.54 bits per heavy atom.